The number of nitrogens with zero attached hydrogens (tertiary/aromatic N) is 2. The van der Waals surface area contributed by atoms with Crippen molar-refractivity contribution < 1.29 is 9.90 Å². The number of halogens is 1. The number of carboxylic acids is 1. The van der Waals surface area contributed by atoms with Crippen molar-refractivity contribution in [2.75, 3.05) is 5.73 Å². The summed E-state index contributed by atoms with van der Waals surface area (Å²) in [7, 11) is 0. The Balaban J connectivity index is 0.000000170. The van der Waals surface area contributed by atoms with Crippen LogP contribution in [0.2, 0.25) is 0 Å². The highest BCUT2D eigenvalue weighted by atomic mass is 79.9. The maximum atomic E-state index is 10.3. The van der Waals surface area contributed by atoms with Crippen LogP contribution in [0.5, 0.6) is 0 Å². The van der Waals surface area contributed by atoms with Gasteiger partial charge in [0.05, 0.1) is 11.1 Å². The number of aromatic nitrogens is 2. The van der Waals surface area contributed by atoms with Gasteiger partial charge in [-0.15, -0.1) is 0 Å². The Bertz CT molecular complexity index is 1000. The van der Waals surface area contributed by atoms with Gasteiger partial charge in [0.2, 0.25) is 0 Å². The van der Waals surface area contributed by atoms with Crippen LogP contribution < -0.4 is 5.73 Å². The third-order valence-electron chi connectivity index (χ3n) is 4.45. The predicted molar refractivity (Wildman–Crippen MR) is 107 cm³/mol. The quantitative estimate of drug-likeness (QED) is 0.614. The summed E-state index contributed by atoms with van der Waals surface area (Å²) < 4.78 is 0.674. The standard InChI is InChI=1S/C14H16N2.C6H4BrNO2/c1-8-6-9(2)14-11(7-8)13(15)10-4-3-5-12(10)16-14;7-5-1-4(6(9)10)2-8-3-5/h6-7H,3-5H2,1-2H3,(H2,15,16);1-3H,(H,9,10). The van der Waals surface area contributed by atoms with E-state index in [4.69, 9.17) is 15.8 Å². The van der Waals surface area contributed by atoms with Crippen LogP contribution in [0.4, 0.5) is 5.69 Å². The van der Waals surface area contributed by atoms with Crippen molar-refractivity contribution in [3.8, 4) is 0 Å². The van der Waals surface area contributed by atoms with Crippen LogP contribution >= 0.6 is 15.9 Å². The molecule has 4 rings (SSSR count). The summed E-state index contributed by atoms with van der Waals surface area (Å²) in [6.45, 7) is 4.22. The maximum Gasteiger partial charge on any atom is 0.337 e. The Kier molecular flexibility index (Phi) is 5.23. The van der Waals surface area contributed by atoms with Gasteiger partial charge in [0.15, 0.2) is 0 Å². The summed E-state index contributed by atoms with van der Waals surface area (Å²) in [5.74, 6) is -0.964. The number of nitrogens with two attached hydrogens (primary N) is 1. The molecule has 5 nitrogen and oxygen atoms in total. The van der Waals surface area contributed by atoms with Gasteiger partial charge >= 0.3 is 5.97 Å². The first-order valence-electron chi connectivity index (χ1n) is 8.39. The molecule has 0 atom stereocenters. The van der Waals surface area contributed by atoms with E-state index in [-0.39, 0.29) is 5.56 Å². The lowest BCUT2D eigenvalue weighted by Crippen LogP contribution is -2.00. The van der Waals surface area contributed by atoms with Gasteiger partial charge in [-0.25, -0.2) is 4.79 Å². The number of aromatic carboxylic acids is 1. The minimum atomic E-state index is -0.964. The monoisotopic (exact) mass is 413 g/mol. The Morgan fingerprint density at radius 1 is 1.19 bits per heavy atom. The zero-order valence-electron chi connectivity index (χ0n) is 14.7. The number of anilines is 1. The van der Waals surface area contributed by atoms with Gasteiger partial charge in [0.1, 0.15) is 0 Å². The summed E-state index contributed by atoms with van der Waals surface area (Å²) in [6, 6.07) is 5.83. The molecular formula is C20H20BrN3O2. The molecule has 2 aromatic heterocycles. The summed E-state index contributed by atoms with van der Waals surface area (Å²) in [5.41, 5.74) is 13.5. The molecule has 6 heteroatoms. The van der Waals surface area contributed by atoms with Gasteiger partial charge in [0.25, 0.3) is 0 Å². The minimum Gasteiger partial charge on any atom is -0.478 e. The van der Waals surface area contributed by atoms with Crippen LogP contribution in [0.1, 0.15) is 39.2 Å². The van der Waals surface area contributed by atoms with Crippen molar-refractivity contribution in [2.24, 2.45) is 0 Å². The number of hydrogen-bond acceptors (Lipinski definition) is 4. The molecule has 0 bridgehead atoms. The Morgan fingerprint density at radius 2 is 1.96 bits per heavy atom. The zero-order valence-corrected chi connectivity index (χ0v) is 16.3. The molecule has 0 fully saturated rings. The van der Waals surface area contributed by atoms with E-state index in [2.05, 4.69) is 46.9 Å². The normalized spacial score (nSPS) is 12.4. The Morgan fingerprint density at radius 3 is 2.62 bits per heavy atom. The largest absolute Gasteiger partial charge is 0.478 e. The molecule has 0 saturated heterocycles. The van der Waals surface area contributed by atoms with E-state index in [0.29, 0.717) is 4.47 Å². The van der Waals surface area contributed by atoms with Crippen LogP contribution in [0.3, 0.4) is 0 Å². The first-order valence-corrected chi connectivity index (χ1v) is 9.18. The highest BCUT2D eigenvalue weighted by Gasteiger charge is 2.18. The number of pyridine rings is 2. The molecule has 0 aliphatic heterocycles. The van der Waals surface area contributed by atoms with Gasteiger partial charge in [-0.2, -0.15) is 0 Å². The fraction of sp³-hybridized carbons (Fsp3) is 0.250. The average molecular weight is 414 g/mol. The number of aryl methyl sites for hydroxylation is 3. The second-order valence-corrected chi connectivity index (χ2v) is 7.39. The van der Waals surface area contributed by atoms with E-state index in [1.54, 1.807) is 0 Å². The first-order chi connectivity index (χ1) is 12.4. The number of rotatable bonds is 1. The number of benzene rings is 1. The number of nitrogen functional groups attached to an aromatic ring is 1. The topological polar surface area (TPSA) is 89.1 Å². The summed E-state index contributed by atoms with van der Waals surface area (Å²) in [5, 5.41) is 9.59. The maximum absolute atomic E-state index is 10.3. The molecule has 3 aromatic rings. The molecule has 0 radical (unpaired) electrons. The van der Waals surface area contributed by atoms with Crippen molar-refractivity contribution in [3.05, 3.63) is 63.0 Å². The molecule has 0 unspecified atom stereocenters. The molecule has 134 valence electrons. The predicted octanol–water partition coefficient (Wildman–Crippen LogP) is 4.46. The lowest BCUT2D eigenvalue weighted by Gasteiger charge is -2.10. The Labute approximate surface area is 160 Å². The van der Waals surface area contributed by atoms with Crippen molar-refractivity contribution in [1.82, 2.24) is 9.97 Å². The molecule has 3 N–H and O–H groups in total. The van der Waals surface area contributed by atoms with Crippen LogP contribution in [-0.2, 0) is 12.8 Å². The number of hydrogen-bond donors (Lipinski definition) is 2. The summed E-state index contributed by atoms with van der Waals surface area (Å²) >= 11 is 3.10. The number of carbonyl (C=O) groups is 1. The van der Waals surface area contributed by atoms with E-state index in [0.717, 1.165) is 29.4 Å². The third-order valence-corrected chi connectivity index (χ3v) is 4.88. The first kappa shape index (κ1) is 18.3. The fourth-order valence-electron chi connectivity index (χ4n) is 3.28. The summed E-state index contributed by atoms with van der Waals surface area (Å²) in [6.07, 6.45) is 6.21. The fourth-order valence-corrected chi connectivity index (χ4v) is 3.65. The SMILES string of the molecule is Cc1cc(C)c2nc3c(c(N)c2c1)CCC3.O=C(O)c1cncc(Br)c1. The minimum absolute atomic E-state index is 0.189. The molecule has 1 aliphatic carbocycles. The molecule has 0 spiro atoms. The van der Waals surface area contributed by atoms with Crippen LogP contribution in [0, 0.1) is 13.8 Å². The van der Waals surface area contributed by atoms with Crippen LogP contribution in [0.15, 0.2) is 35.1 Å². The van der Waals surface area contributed by atoms with Gasteiger partial charge < -0.3 is 10.8 Å². The van der Waals surface area contributed by atoms with E-state index >= 15 is 0 Å². The van der Waals surface area contributed by atoms with E-state index < -0.39 is 5.97 Å². The van der Waals surface area contributed by atoms with Crippen molar-refractivity contribution in [2.45, 2.75) is 33.1 Å². The van der Waals surface area contributed by atoms with E-state index in [1.807, 2.05) is 0 Å². The second-order valence-electron chi connectivity index (χ2n) is 6.48. The number of fused-ring (bicyclic) bond motifs is 2. The lowest BCUT2D eigenvalue weighted by molar-refractivity contribution is 0.0696. The Hall–Kier alpha value is -2.47. The van der Waals surface area contributed by atoms with Gasteiger partial charge in [-0.3, -0.25) is 9.97 Å². The zero-order chi connectivity index (χ0) is 18.8. The van der Waals surface area contributed by atoms with Gasteiger partial charge in [0, 0.05) is 33.6 Å². The molecule has 1 aliphatic rings. The van der Waals surface area contributed by atoms with Crippen molar-refractivity contribution in [3.63, 3.8) is 0 Å². The second kappa shape index (κ2) is 7.41. The summed E-state index contributed by atoms with van der Waals surface area (Å²) in [4.78, 5) is 18.7. The third kappa shape index (κ3) is 3.70. The molecule has 1 aromatic carbocycles. The van der Waals surface area contributed by atoms with E-state index in [1.165, 1.54) is 47.3 Å². The lowest BCUT2D eigenvalue weighted by atomic mass is 10.0. The molecule has 0 amide bonds. The van der Waals surface area contributed by atoms with Gasteiger partial charge in [-0.1, -0.05) is 11.6 Å². The van der Waals surface area contributed by atoms with E-state index in [9.17, 15) is 4.79 Å². The van der Waals surface area contributed by atoms with Crippen LogP contribution in [-0.4, -0.2) is 21.0 Å². The molecule has 2 heterocycles. The molecule has 0 saturated carbocycles. The van der Waals surface area contributed by atoms with Crippen molar-refractivity contribution >= 4 is 38.5 Å². The average Bonchev–Trinajstić information content (AvgIpc) is 3.06. The molecular weight excluding hydrogens is 394 g/mol. The number of carboxylic acid groups (broad SMARTS) is 1. The highest BCUT2D eigenvalue weighted by molar-refractivity contribution is 9.10. The smallest absolute Gasteiger partial charge is 0.337 e. The molecule has 26 heavy (non-hydrogen) atoms. The van der Waals surface area contributed by atoms with Crippen molar-refractivity contribution in [1.29, 1.82) is 0 Å². The highest BCUT2D eigenvalue weighted by Crippen LogP contribution is 2.33. The van der Waals surface area contributed by atoms with Gasteiger partial charge in [-0.05, 0) is 72.3 Å². The van der Waals surface area contributed by atoms with Crippen LogP contribution in [0.25, 0.3) is 10.9 Å².